The minimum Gasteiger partial charge on any atom is -0.340 e. The topological polar surface area (TPSA) is 50.2 Å². The van der Waals surface area contributed by atoms with Crippen LogP contribution in [0.1, 0.15) is 32.1 Å². The number of nitrogens with zero attached hydrogens (tertiary/aromatic N) is 3. The van der Waals surface area contributed by atoms with Crippen LogP contribution < -0.4 is 5.32 Å². The van der Waals surface area contributed by atoms with Gasteiger partial charge in [0.2, 0.25) is 0 Å². The van der Waals surface area contributed by atoms with Crippen LogP contribution in [0.3, 0.4) is 0 Å². The van der Waals surface area contributed by atoms with Crippen LogP contribution in [0.25, 0.3) is 0 Å². The second-order valence-corrected chi connectivity index (χ2v) is 6.89. The highest BCUT2D eigenvalue weighted by molar-refractivity contribution is 5.85. The number of piperidine rings is 1. The van der Waals surface area contributed by atoms with Gasteiger partial charge >= 0.3 is 0 Å². The van der Waals surface area contributed by atoms with Gasteiger partial charge < -0.3 is 10.2 Å². The lowest BCUT2D eigenvalue weighted by atomic mass is 9.86. The highest BCUT2D eigenvalue weighted by atomic mass is 16.2. The largest absolute Gasteiger partial charge is 0.340 e. The molecule has 3 heterocycles. The van der Waals surface area contributed by atoms with Gasteiger partial charge in [-0.25, -0.2) is 0 Å². The van der Waals surface area contributed by atoms with E-state index in [0.29, 0.717) is 5.91 Å². The molecule has 21 heavy (non-hydrogen) atoms. The third-order valence-electron chi connectivity index (χ3n) is 5.79. The summed E-state index contributed by atoms with van der Waals surface area (Å²) in [5, 5.41) is 7.79. The summed E-state index contributed by atoms with van der Waals surface area (Å²) in [5.41, 5.74) is -0.451. The smallest absolute Gasteiger partial charge is 0.250 e. The highest BCUT2D eigenvalue weighted by Gasteiger charge is 2.48. The Balaban J connectivity index is 1.60. The molecule has 3 aliphatic rings. The number of likely N-dealkylation sites (tertiary alicyclic amines) is 1. The van der Waals surface area contributed by atoms with Gasteiger partial charge in [0.05, 0.1) is 0 Å². The lowest BCUT2D eigenvalue weighted by Crippen LogP contribution is -2.55. The van der Waals surface area contributed by atoms with E-state index in [4.69, 9.17) is 0 Å². The Labute approximate surface area is 125 Å². The first-order chi connectivity index (χ1) is 10.3. The third-order valence-corrected chi connectivity index (χ3v) is 5.79. The molecule has 0 radical (unpaired) electrons. The van der Waals surface area contributed by atoms with E-state index in [1.165, 1.54) is 19.3 Å². The van der Waals surface area contributed by atoms with Crippen LogP contribution >= 0.6 is 0 Å². The van der Waals surface area contributed by atoms with Crippen LogP contribution in [0.4, 0.5) is 0 Å². The lowest BCUT2D eigenvalue weighted by molar-refractivity contribution is -0.142. The summed E-state index contributed by atoms with van der Waals surface area (Å²) >= 11 is 0. The minimum atomic E-state index is -0.451. The Morgan fingerprint density at radius 3 is 2.52 bits per heavy atom. The molecule has 2 saturated heterocycles. The van der Waals surface area contributed by atoms with E-state index < -0.39 is 5.54 Å². The number of hydrogen-bond acceptors (Lipinski definition) is 3. The second kappa shape index (κ2) is 5.13. The summed E-state index contributed by atoms with van der Waals surface area (Å²) in [4.78, 5) is 15.4. The van der Waals surface area contributed by atoms with Crippen molar-refractivity contribution in [3.63, 3.8) is 0 Å². The van der Waals surface area contributed by atoms with Crippen molar-refractivity contribution in [1.82, 2.24) is 20.0 Å². The molecular weight excluding hydrogens is 264 g/mol. The zero-order valence-corrected chi connectivity index (χ0v) is 12.5. The lowest BCUT2D eigenvalue weighted by Gasteiger charge is -2.39. The molecule has 1 amide bonds. The molecule has 1 aliphatic carbocycles. The summed E-state index contributed by atoms with van der Waals surface area (Å²) in [5.74, 6) is 1.82. The fraction of sp³-hybridized carbons (Fsp3) is 0.750. The van der Waals surface area contributed by atoms with Gasteiger partial charge in [-0.2, -0.15) is 5.10 Å². The normalized spacial score (nSPS) is 31.3. The van der Waals surface area contributed by atoms with E-state index >= 15 is 0 Å². The zero-order chi connectivity index (χ0) is 14.3. The van der Waals surface area contributed by atoms with Crippen molar-refractivity contribution in [2.45, 2.75) is 37.6 Å². The van der Waals surface area contributed by atoms with E-state index in [1.807, 2.05) is 16.9 Å². The second-order valence-electron chi connectivity index (χ2n) is 6.89. The molecule has 5 nitrogen and oxygen atoms in total. The molecule has 0 spiro atoms. The number of carbonyl (C=O) groups is 1. The fourth-order valence-electron chi connectivity index (χ4n) is 4.60. The van der Waals surface area contributed by atoms with Crippen molar-refractivity contribution in [2.24, 2.45) is 11.8 Å². The van der Waals surface area contributed by atoms with Gasteiger partial charge in [0, 0.05) is 25.5 Å². The van der Waals surface area contributed by atoms with Crippen LogP contribution in [-0.2, 0) is 10.3 Å². The SMILES string of the molecule is O=C(N1CC2CCCC2C1)C1(n2cccn2)CCNCC1. The maximum absolute atomic E-state index is 13.3. The Kier molecular flexibility index (Phi) is 3.25. The summed E-state index contributed by atoms with van der Waals surface area (Å²) < 4.78 is 1.92. The van der Waals surface area contributed by atoms with E-state index in [0.717, 1.165) is 50.9 Å². The maximum Gasteiger partial charge on any atom is 0.250 e. The van der Waals surface area contributed by atoms with Gasteiger partial charge in [0.1, 0.15) is 5.54 Å². The summed E-state index contributed by atoms with van der Waals surface area (Å²) in [7, 11) is 0. The Morgan fingerprint density at radius 2 is 1.90 bits per heavy atom. The van der Waals surface area contributed by atoms with Gasteiger partial charge in [0.15, 0.2) is 0 Å². The van der Waals surface area contributed by atoms with Crippen molar-refractivity contribution in [3.8, 4) is 0 Å². The molecule has 1 aromatic heterocycles. The van der Waals surface area contributed by atoms with Gasteiger partial charge in [0.25, 0.3) is 5.91 Å². The molecule has 2 aliphatic heterocycles. The van der Waals surface area contributed by atoms with Gasteiger partial charge in [-0.3, -0.25) is 9.48 Å². The van der Waals surface area contributed by atoms with Crippen molar-refractivity contribution in [1.29, 1.82) is 0 Å². The molecule has 0 bridgehead atoms. The summed E-state index contributed by atoms with van der Waals surface area (Å²) in [6.45, 7) is 3.73. The Morgan fingerprint density at radius 1 is 1.19 bits per heavy atom. The number of amides is 1. The summed E-state index contributed by atoms with van der Waals surface area (Å²) in [6, 6.07) is 1.93. The predicted octanol–water partition coefficient (Wildman–Crippen LogP) is 1.22. The van der Waals surface area contributed by atoms with E-state index in [1.54, 1.807) is 6.20 Å². The number of rotatable bonds is 2. The number of carbonyl (C=O) groups excluding carboxylic acids is 1. The predicted molar refractivity (Wildman–Crippen MR) is 79.7 cm³/mol. The van der Waals surface area contributed by atoms with Crippen LogP contribution in [0, 0.1) is 11.8 Å². The van der Waals surface area contributed by atoms with Gasteiger partial charge in [-0.15, -0.1) is 0 Å². The Bertz CT molecular complexity index is 494. The van der Waals surface area contributed by atoms with Crippen molar-refractivity contribution < 1.29 is 4.79 Å². The molecule has 2 atom stereocenters. The molecule has 114 valence electrons. The maximum atomic E-state index is 13.3. The molecule has 4 rings (SSSR count). The highest BCUT2D eigenvalue weighted by Crippen LogP contribution is 2.40. The fourth-order valence-corrected chi connectivity index (χ4v) is 4.60. The zero-order valence-electron chi connectivity index (χ0n) is 12.5. The van der Waals surface area contributed by atoms with Crippen LogP contribution in [-0.4, -0.2) is 46.8 Å². The van der Waals surface area contributed by atoms with Crippen molar-refractivity contribution in [2.75, 3.05) is 26.2 Å². The molecule has 1 aromatic rings. The monoisotopic (exact) mass is 288 g/mol. The molecule has 1 saturated carbocycles. The number of aromatic nitrogens is 2. The van der Waals surface area contributed by atoms with Crippen LogP contribution in [0.15, 0.2) is 18.5 Å². The average Bonchev–Trinajstić information content (AvgIpc) is 3.23. The number of fused-ring (bicyclic) bond motifs is 1. The third kappa shape index (κ3) is 2.09. The van der Waals surface area contributed by atoms with Gasteiger partial charge in [-0.1, -0.05) is 6.42 Å². The van der Waals surface area contributed by atoms with Crippen molar-refractivity contribution >= 4 is 5.91 Å². The van der Waals surface area contributed by atoms with Gasteiger partial charge in [-0.05, 0) is 56.7 Å². The first-order valence-electron chi connectivity index (χ1n) is 8.30. The quantitative estimate of drug-likeness (QED) is 0.890. The first kappa shape index (κ1) is 13.3. The van der Waals surface area contributed by atoms with E-state index in [9.17, 15) is 4.79 Å². The van der Waals surface area contributed by atoms with Crippen LogP contribution in [0.5, 0.6) is 0 Å². The van der Waals surface area contributed by atoms with E-state index in [2.05, 4.69) is 15.3 Å². The van der Waals surface area contributed by atoms with E-state index in [-0.39, 0.29) is 0 Å². The molecule has 1 N–H and O–H groups in total. The first-order valence-corrected chi connectivity index (χ1v) is 8.30. The van der Waals surface area contributed by atoms with Crippen LogP contribution in [0.2, 0.25) is 0 Å². The molecule has 0 aromatic carbocycles. The molecular formula is C16H24N4O. The molecule has 5 heteroatoms. The molecule has 2 unspecified atom stereocenters. The number of nitrogens with one attached hydrogen (secondary N) is 1. The molecule has 3 fully saturated rings. The summed E-state index contributed by atoms with van der Waals surface area (Å²) in [6.07, 6.45) is 9.41. The standard InChI is InChI=1S/C16H24N4O/c21-15(19-11-13-3-1-4-14(13)12-19)16(5-8-17-9-6-16)20-10-2-7-18-20/h2,7,10,13-14,17H,1,3-6,8-9,11-12H2. The number of hydrogen-bond donors (Lipinski definition) is 1. The van der Waals surface area contributed by atoms with Crippen molar-refractivity contribution in [3.05, 3.63) is 18.5 Å². The minimum absolute atomic E-state index is 0.308. The Hall–Kier alpha value is -1.36. The average molecular weight is 288 g/mol.